The summed E-state index contributed by atoms with van der Waals surface area (Å²) in [6, 6.07) is 12.5. The van der Waals surface area contributed by atoms with Crippen molar-refractivity contribution < 1.29 is 0 Å². The van der Waals surface area contributed by atoms with E-state index in [0.717, 1.165) is 25.5 Å². The highest BCUT2D eigenvalue weighted by Gasteiger charge is 1.98. The summed E-state index contributed by atoms with van der Waals surface area (Å²) in [6.45, 7) is 6.54. The van der Waals surface area contributed by atoms with Gasteiger partial charge in [-0.3, -0.25) is 4.98 Å². The van der Waals surface area contributed by atoms with Gasteiger partial charge in [-0.15, -0.1) is 24.0 Å². The monoisotopic (exact) mass is 424 g/mol. The predicted molar refractivity (Wildman–Crippen MR) is 107 cm³/mol. The normalized spacial score (nSPS) is 10.8. The number of hydrogen-bond acceptors (Lipinski definition) is 2. The molecule has 0 saturated carbocycles. The summed E-state index contributed by atoms with van der Waals surface area (Å²) in [5, 5.41) is 6.64. The van der Waals surface area contributed by atoms with E-state index in [2.05, 4.69) is 64.8 Å². The second-order valence-electron chi connectivity index (χ2n) is 5.22. The second kappa shape index (κ2) is 11.0. The minimum Gasteiger partial charge on any atom is -0.357 e. The molecule has 124 valence electrons. The Bertz CT molecular complexity index is 582. The third-order valence-corrected chi connectivity index (χ3v) is 3.31. The van der Waals surface area contributed by atoms with Crippen LogP contribution >= 0.6 is 24.0 Å². The van der Waals surface area contributed by atoms with E-state index in [1.807, 2.05) is 12.3 Å². The van der Waals surface area contributed by atoms with Gasteiger partial charge in [-0.2, -0.15) is 0 Å². The summed E-state index contributed by atoms with van der Waals surface area (Å²) < 4.78 is 0. The average molecular weight is 424 g/mol. The summed E-state index contributed by atoms with van der Waals surface area (Å²) in [4.78, 5) is 8.75. The SMILES string of the molecule is CCNC(=NCc1ccc(C)cc1)NCCc1cccnc1.I. The first-order chi connectivity index (χ1) is 10.8. The number of hydrogen-bond donors (Lipinski definition) is 2. The van der Waals surface area contributed by atoms with Gasteiger partial charge < -0.3 is 10.6 Å². The zero-order chi connectivity index (χ0) is 15.6. The number of benzene rings is 1. The summed E-state index contributed by atoms with van der Waals surface area (Å²) in [5.41, 5.74) is 3.72. The smallest absolute Gasteiger partial charge is 0.191 e. The van der Waals surface area contributed by atoms with Gasteiger partial charge in [-0.25, -0.2) is 4.99 Å². The van der Waals surface area contributed by atoms with E-state index >= 15 is 0 Å². The van der Waals surface area contributed by atoms with Crippen molar-refractivity contribution in [2.24, 2.45) is 4.99 Å². The van der Waals surface area contributed by atoms with Crippen LogP contribution in [0.15, 0.2) is 53.8 Å². The molecule has 0 atom stereocenters. The topological polar surface area (TPSA) is 49.3 Å². The van der Waals surface area contributed by atoms with Crippen molar-refractivity contribution in [1.29, 1.82) is 0 Å². The molecule has 0 saturated heterocycles. The van der Waals surface area contributed by atoms with Crippen LogP contribution in [0.5, 0.6) is 0 Å². The Labute approximate surface area is 155 Å². The molecule has 1 aromatic carbocycles. The van der Waals surface area contributed by atoms with E-state index in [0.29, 0.717) is 6.54 Å². The highest BCUT2D eigenvalue weighted by atomic mass is 127. The molecule has 0 aliphatic carbocycles. The number of pyridine rings is 1. The minimum atomic E-state index is 0. The molecule has 2 rings (SSSR count). The summed E-state index contributed by atoms with van der Waals surface area (Å²) in [5.74, 6) is 0.854. The van der Waals surface area contributed by atoms with Crippen molar-refractivity contribution in [2.75, 3.05) is 13.1 Å². The summed E-state index contributed by atoms with van der Waals surface area (Å²) in [7, 11) is 0. The third kappa shape index (κ3) is 7.45. The number of nitrogens with zero attached hydrogens (tertiary/aromatic N) is 2. The molecule has 0 bridgehead atoms. The zero-order valence-corrected chi connectivity index (χ0v) is 16.1. The van der Waals surface area contributed by atoms with Gasteiger partial charge in [-0.1, -0.05) is 35.9 Å². The van der Waals surface area contributed by atoms with E-state index in [4.69, 9.17) is 0 Å². The van der Waals surface area contributed by atoms with Crippen molar-refractivity contribution in [3.8, 4) is 0 Å². The van der Waals surface area contributed by atoms with Crippen molar-refractivity contribution in [3.05, 3.63) is 65.5 Å². The zero-order valence-electron chi connectivity index (χ0n) is 13.7. The van der Waals surface area contributed by atoms with Gasteiger partial charge in [0.05, 0.1) is 6.54 Å². The molecule has 5 heteroatoms. The van der Waals surface area contributed by atoms with E-state index in [1.54, 1.807) is 6.20 Å². The second-order valence-corrected chi connectivity index (χ2v) is 5.22. The van der Waals surface area contributed by atoms with Crippen LogP contribution in [0.1, 0.15) is 23.6 Å². The Morgan fingerprint density at radius 3 is 2.52 bits per heavy atom. The largest absolute Gasteiger partial charge is 0.357 e. The number of nitrogens with one attached hydrogen (secondary N) is 2. The standard InChI is InChI=1S/C18H24N4.HI/c1-3-20-18(21-12-10-16-5-4-11-19-13-16)22-14-17-8-6-15(2)7-9-17;/h4-9,11,13H,3,10,12,14H2,1-2H3,(H2,20,21,22);1H. The van der Waals surface area contributed by atoms with Gasteiger partial charge in [-0.05, 0) is 37.5 Å². The lowest BCUT2D eigenvalue weighted by molar-refractivity contribution is 0.798. The lowest BCUT2D eigenvalue weighted by atomic mass is 10.1. The summed E-state index contributed by atoms with van der Waals surface area (Å²) in [6.07, 6.45) is 4.63. The molecule has 0 unspecified atom stereocenters. The van der Waals surface area contributed by atoms with E-state index in [-0.39, 0.29) is 24.0 Å². The first kappa shape index (κ1) is 19.4. The van der Waals surface area contributed by atoms with E-state index in [1.165, 1.54) is 16.7 Å². The number of halogens is 1. The van der Waals surface area contributed by atoms with Crippen molar-refractivity contribution in [1.82, 2.24) is 15.6 Å². The molecular weight excluding hydrogens is 399 g/mol. The maximum atomic E-state index is 4.62. The van der Waals surface area contributed by atoms with Gasteiger partial charge in [0.15, 0.2) is 5.96 Å². The first-order valence-electron chi connectivity index (χ1n) is 7.74. The molecule has 23 heavy (non-hydrogen) atoms. The maximum absolute atomic E-state index is 4.62. The molecule has 1 heterocycles. The van der Waals surface area contributed by atoms with Crippen molar-refractivity contribution >= 4 is 29.9 Å². The number of rotatable bonds is 6. The highest BCUT2D eigenvalue weighted by Crippen LogP contribution is 2.04. The molecule has 1 aromatic heterocycles. The van der Waals surface area contributed by atoms with Crippen molar-refractivity contribution in [2.45, 2.75) is 26.8 Å². The van der Waals surface area contributed by atoms with Crippen LogP contribution in [0.25, 0.3) is 0 Å². The van der Waals surface area contributed by atoms with Gasteiger partial charge in [0.1, 0.15) is 0 Å². The molecule has 0 fully saturated rings. The molecule has 0 aliphatic rings. The van der Waals surface area contributed by atoms with Gasteiger partial charge in [0.25, 0.3) is 0 Å². The van der Waals surface area contributed by atoms with E-state index in [9.17, 15) is 0 Å². The average Bonchev–Trinajstić information content (AvgIpc) is 2.55. The minimum absolute atomic E-state index is 0. The first-order valence-corrected chi connectivity index (χ1v) is 7.74. The van der Waals surface area contributed by atoms with E-state index < -0.39 is 0 Å². The van der Waals surface area contributed by atoms with Crippen LogP contribution in [-0.2, 0) is 13.0 Å². The number of aryl methyl sites for hydroxylation is 1. The lowest BCUT2D eigenvalue weighted by Gasteiger charge is -2.11. The van der Waals surface area contributed by atoms with Crippen LogP contribution in [0.3, 0.4) is 0 Å². The predicted octanol–water partition coefficient (Wildman–Crippen LogP) is 3.31. The van der Waals surface area contributed by atoms with Crippen molar-refractivity contribution in [3.63, 3.8) is 0 Å². The molecule has 0 aliphatic heterocycles. The van der Waals surface area contributed by atoms with Gasteiger partial charge in [0.2, 0.25) is 0 Å². The fraction of sp³-hybridized carbons (Fsp3) is 0.333. The highest BCUT2D eigenvalue weighted by molar-refractivity contribution is 14.0. The Balaban J connectivity index is 0.00000264. The molecule has 2 aromatic rings. The van der Waals surface area contributed by atoms with Crippen LogP contribution in [0, 0.1) is 6.92 Å². The molecule has 0 radical (unpaired) electrons. The number of guanidine groups is 1. The third-order valence-electron chi connectivity index (χ3n) is 3.31. The Kier molecular flexibility index (Phi) is 9.28. The molecule has 0 spiro atoms. The quantitative estimate of drug-likeness (QED) is 0.425. The Morgan fingerprint density at radius 1 is 1.09 bits per heavy atom. The fourth-order valence-electron chi connectivity index (χ4n) is 2.08. The molecule has 2 N–H and O–H groups in total. The maximum Gasteiger partial charge on any atom is 0.191 e. The van der Waals surface area contributed by atoms with Crippen LogP contribution in [-0.4, -0.2) is 24.0 Å². The van der Waals surface area contributed by atoms with Crippen LogP contribution in [0.2, 0.25) is 0 Å². The lowest BCUT2D eigenvalue weighted by Crippen LogP contribution is -2.38. The van der Waals surface area contributed by atoms with Gasteiger partial charge >= 0.3 is 0 Å². The Hall–Kier alpha value is -1.63. The van der Waals surface area contributed by atoms with Gasteiger partial charge in [0, 0.05) is 25.5 Å². The molecular formula is C18H25IN4. The van der Waals surface area contributed by atoms with Crippen LogP contribution < -0.4 is 10.6 Å². The fourth-order valence-corrected chi connectivity index (χ4v) is 2.08. The Morgan fingerprint density at radius 2 is 1.87 bits per heavy atom. The van der Waals surface area contributed by atoms with Crippen LogP contribution in [0.4, 0.5) is 0 Å². The molecule has 0 amide bonds. The molecule has 4 nitrogen and oxygen atoms in total. The number of aromatic nitrogens is 1. The summed E-state index contributed by atoms with van der Waals surface area (Å²) >= 11 is 0. The number of aliphatic imine (C=N–C) groups is 1.